The predicted octanol–water partition coefficient (Wildman–Crippen LogP) is 3.49. The highest BCUT2D eigenvalue weighted by Gasteiger charge is 2.39. The van der Waals surface area contributed by atoms with E-state index in [4.69, 9.17) is 27.9 Å². The van der Waals surface area contributed by atoms with Gasteiger partial charge >= 0.3 is 6.09 Å². The van der Waals surface area contributed by atoms with Gasteiger partial charge < -0.3 is 9.64 Å². The molecule has 0 saturated carbocycles. The van der Waals surface area contributed by atoms with Gasteiger partial charge in [0.25, 0.3) is 5.91 Å². The van der Waals surface area contributed by atoms with E-state index in [0.717, 1.165) is 25.7 Å². The lowest BCUT2D eigenvalue weighted by atomic mass is 10.0. The Morgan fingerprint density at radius 1 is 1.13 bits per heavy atom. The first-order chi connectivity index (χ1) is 10.9. The summed E-state index contributed by atoms with van der Waals surface area (Å²) in [4.78, 5) is 26.4. The van der Waals surface area contributed by atoms with Crippen LogP contribution in [0.15, 0.2) is 18.2 Å². The van der Waals surface area contributed by atoms with Crippen LogP contribution in [0.3, 0.4) is 0 Å². The minimum Gasteiger partial charge on any atom is -0.446 e. The molecular formula is C16H18Cl2N2O3. The lowest BCUT2D eigenvalue weighted by Gasteiger charge is -2.35. The molecule has 5 nitrogen and oxygen atoms in total. The molecule has 2 aliphatic rings. The number of ether oxygens (including phenoxy) is 1. The van der Waals surface area contributed by atoms with Gasteiger partial charge in [-0.25, -0.2) is 4.79 Å². The van der Waals surface area contributed by atoms with Crippen LogP contribution >= 0.6 is 23.2 Å². The molecule has 1 N–H and O–H groups in total. The van der Waals surface area contributed by atoms with Gasteiger partial charge in [0.15, 0.2) is 0 Å². The van der Waals surface area contributed by atoms with E-state index >= 15 is 0 Å². The molecule has 2 atom stereocenters. The summed E-state index contributed by atoms with van der Waals surface area (Å²) in [6.07, 6.45) is 3.06. The summed E-state index contributed by atoms with van der Waals surface area (Å²) in [7, 11) is 2.12. The van der Waals surface area contributed by atoms with E-state index in [9.17, 15) is 9.59 Å². The molecule has 0 aliphatic carbocycles. The predicted molar refractivity (Wildman–Crippen MR) is 88.0 cm³/mol. The summed E-state index contributed by atoms with van der Waals surface area (Å²) in [5, 5.41) is 2.90. The molecule has 2 saturated heterocycles. The molecule has 2 unspecified atom stereocenters. The molecule has 0 aromatic heterocycles. The number of nitrogens with zero attached hydrogens (tertiary/aromatic N) is 1. The largest absolute Gasteiger partial charge is 0.446 e. The van der Waals surface area contributed by atoms with Gasteiger partial charge in [0.2, 0.25) is 0 Å². The van der Waals surface area contributed by atoms with Crippen molar-refractivity contribution in [3.63, 3.8) is 0 Å². The Labute approximate surface area is 144 Å². The van der Waals surface area contributed by atoms with Crippen molar-refractivity contribution < 1.29 is 14.3 Å². The number of rotatable bonds is 2. The van der Waals surface area contributed by atoms with Crippen LogP contribution in [0, 0.1) is 0 Å². The number of carbonyl (C=O) groups excluding carboxylic acids is 2. The second-order valence-electron chi connectivity index (χ2n) is 6.16. The van der Waals surface area contributed by atoms with Crippen LogP contribution in [0.4, 0.5) is 4.79 Å². The van der Waals surface area contributed by atoms with Crippen molar-refractivity contribution in [2.75, 3.05) is 7.05 Å². The van der Waals surface area contributed by atoms with Crippen LogP contribution in [-0.4, -0.2) is 42.1 Å². The lowest BCUT2D eigenvalue weighted by Crippen LogP contribution is -2.45. The first kappa shape index (κ1) is 16.6. The number of halogens is 2. The number of imide groups is 1. The highest BCUT2D eigenvalue weighted by Crippen LogP contribution is 2.35. The molecule has 2 amide bonds. The highest BCUT2D eigenvalue weighted by molar-refractivity contribution is 6.35. The summed E-state index contributed by atoms with van der Waals surface area (Å²) in [6.45, 7) is 0. The number of fused-ring (bicyclic) bond motifs is 2. The summed E-state index contributed by atoms with van der Waals surface area (Å²) >= 11 is 11.7. The van der Waals surface area contributed by atoms with Crippen molar-refractivity contribution in [2.24, 2.45) is 0 Å². The minimum atomic E-state index is -0.722. The van der Waals surface area contributed by atoms with E-state index < -0.39 is 12.0 Å². The van der Waals surface area contributed by atoms with Gasteiger partial charge in [-0.15, -0.1) is 0 Å². The Balaban J connectivity index is 1.56. The Bertz CT molecular complexity index is 604. The van der Waals surface area contributed by atoms with E-state index in [-0.39, 0.29) is 11.7 Å². The summed E-state index contributed by atoms with van der Waals surface area (Å²) < 4.78 is 5.41. The van der Waals surface area contributed by atoms with E-state index in [1.165, 1.54) is 18.2 Å². The van der Waals surface area contributed by atoms with Crippen LogP contribution in [0.5, 0.6) is 0 Å². The maximum atomic E-state index is 12.1. The fourth-order valence-corrected chi connectivity index (χ4v) is 4.01. The lowest BCUT2D eigenvalue weighted by molar-refractivity contribution is 0.0283. The molecule has 0 radical (unpaired) electrons. The second-order valence-corrected chi connectivity index (χ2v) is 7.03. The number of alkyl carbamates (subject to hydrolysis) is 1. The third-order valence-electron chi connectivity index (χ3n) is 4.67. The van der Waals surface area contributed by atoms with Crippen LogP contribution < -0.4 is 5.32 Å². The van der Waals surface area contributed by atoms with Crippen molar-refractivity contribution in [3.05, 3.63) is 33.8 Å². The molecule has 7 heteroatoms. The van der Waals surface area contributed by atoms with Crippen LogP contribution in [-0.2, 0) is 4.74 Å². The van der Waals surface area contributed by atoms with E-state index in [2.05, 4.69) is 17.3 Å². The third-order valence-corrected chi connectivity index (χ3v) is 5.11. The van der Waals surface area contributed by atoms with Crippen molar-refractivity contribution in [3.8, 4) is 0 Å². The number of carbonyl (C=O) groups is 2. The zero-order valence-corrected chi connectivity index (χ0v) is 14.2. The molecule has 1 aromatic carbocycles. The van der Waals surface area contributed by atoms with Crippen molar-refractivity contribution in [2.45, 2.75) is 43.9 Å². The average molecular weight is 357 g/mol. The molecule has 2 bridgehead atoms. The Morgan fingerprint density at radius 2 is 1.70 bits per heavy atom. The number of amides is 2. The number of benzene rings is 1. The monoisotopic (exact) mass is 356 g/mol. The number of piperidine rings is 1. The maximum absolute atomic E-state index is 12.1. The van der Waals surface area contributed by atoms with Crippen molar-refractivity contribution in [1.82, 2.24) is 10.2 Å². The summed E-state index contributed by atoms with van der Waals surface area (Å²) in [5.74, 6) is -0.574. The van der Waals surface area contributed by atoms with Gasteiger partial charge in [-0.05, 0) is 38.1 Å². The molecular weight excluding hydrogens is 339 g/mol. The first-order valence-corrected chi connectivity index (χ1v) is 8.38. The maximum Gasteiger partial charge on any atom is 0.414 e. The summed E-state index contributed by atoms with van der Waals surface area (Å²) in [6, 6.07) is 5.35. The van der Waals surface area contributed by atoms with Crippen molar-refractivity contribution >= 4 is 35.2 Å². The molecule has 23 heavy (non-hydrogen) atoms. The van der Waals surface area contributed by atoms with E-state index in [1.54, 1.807) is 0 Å². The smallest absolute Gasteiger partial charge is 0.414 e. The fraction of sp³-hybridized carbons (Fsp3) is 0.500. The van der Waals surface area contributed by atoms with Crippen molar-refractivity contribution in [1.29, 1.82) is 0 Å². The van der Waals surface area contributed by atoms with Gasteiger partial charge in [-0.2, -0.15) is 0 Å². The normalized spacial score (nSPS) is 26.8. The first-order valence-electron chi connectivity index (χ1n) is 7.62. The molecule has 2 heterocycles. The second kappa shape index (κ2) is 6.67. The summed E-state index contributed by atoms with van der Waals surface area (Å²) in [5.41, 5.74) is 0.225. The van der Waals surface area contributed by atoms with Gasteiger partial charge in [0.1, 0.15) is 6.10 Å². The molecule has 2 aliphatic heterocycles. The van der Waals surface area contributed by atoms with Gasteiger partial charge in [-0.3, -0.25) is 10.1 Å². The zero-order valence-electron chi connectivity index (χ0n) is 12.7. The Hall–Kier alpha value is -1.30. The quantitative estimate of drug-likeness (QED) is 0.880. The zero-order chi connectivity index (χ0) is 16.6. The number of hydrogen-bond donors (Lipinski definition) is 1. The van der Waals surface area contributed by atoms with Gasteiger partial charge in [0, 0.05) is 40.5 Å². The topological polar surface area (TPSA) is 58.6 Å². The van der Waals surface area contributed by atoms with Crippen LogP contribution in [0.2, 0.25) is 10.0 Å². The van der Waals surface area contributed by atoms with Crippen LogP contribution in [0.1, 0.15) is 36.0 Å². The average Bonchev–Trinajstić information content (AvgIpc) is 2.69. The standard InChI is InChI=1S/C16H18Cl2N2O3/c1-20-12-2-3-13(20)8-14(7-12)23-16(22)19-15(21)9-4-10(17)6-11(18)5-9/h4-6,12-14H,2-3,7-8H2,1H3,(H,19,21,22). The molecule has 0 spiro atoms. The van der Waals surface area contributed by atoms with E-state index in [1.807, 2.05) is 0 Å². The fourth-order valence-electron chi connectivity index (χ4n) is 3.49. The van der Waals surface area contributed by atoms with Gasteiger partial charge in [0.05, 0.1) is 0 Å². The van der Waals surface area contributed by atoms with Gasteiger partial charge in [-0.1, -0.05) is 23.2 Å². The number of hydrogen-bond acceptors (Lipinski definition) is 4. The molecule has 1 aromatic rings. The SMILES string of the molecule is CN1C2CCC1CC(OC(=O)NC(=O)c1cc(Cl)cc(Cl)c1)C2. The number of nitrogens with one attached hydrogen (secondary N) is 1. The molecule has 2 fully saturated rings. The third kappa shape index (κ3) is 3.79. The molecule has 124 valence electrons. The van der Waals surface area contributed by atoms with Crippen LogP contribution in [0.25, 0.3) is 0 Å². The Morgan fingerprint density at radius 3 is 2.26 bits per heavy atom. The van der Waals surface area contributed by atoms with E-state index in [0.29, 0.717) is 22.1 Å². The highest BCUT2D eigenvalue weighted by atomic mass is 35.5. The minimum absolute atomic E-state index is 0.139. The molecule has 3 rings (SSSR count). The Kier molecular flexibility index (Phi) is 4.80.